The first-order chi connectivity index (χ1) is 10.4. The fourth-order valence-electron chi connectivity index (χ4n) is 2.02. The molecule has 2 aromatic rings. The molecule has 2 amide bonds. The van der Waals surface area contributed by atoms with Crippen molar-refractivity contribution in [3.63, 3.8) is 0 Å². The highest BCUT2D eigenvalue weighted by atomic mass is 19.1. The molecule has 0 atom stereocenters. The summed E-state index contributed by atoms with van der Waals surface area (Å²) < 4.78 is 13.6. The van der Waals surface area contributed by atoms with Crippen LogP contribution in [0.15, 0.2) is 42.5 Å². The zero-order valence-corrected chi connectivity index (χ0v) is 12.4. The maximum atomic E-state index is 13.6. The van der Waals surface area contributed by atoms with E-state index in [1.54, 1.807) is 36.4 Å². The third kappa shape index (κ3) is 4.41. The molecule has 0 aliphatic heterocycles. The molecule has 2 N–H and O–H groups in total. The number of anilines is 2. The van der Waals surface area contributed by atoms with Crippen LogP contribution in [0.25, 0.3) is 0 Å². The quantitative estimate of drug-likeness (QED) is 0.910. The molecule has 0 bridgehead atoms. The summed E-state index contributed by atoms with van der Waals surface area (Å²) in [6.45, 7) is 3.26. The van der Waals surface area contributed by atoms with Crippen LogP contribution in [-0.2, 0) is 16.0 Å². The molecular formula is C17H17FN2O2. The first-order valence-corrected chi connectivity index (χ1v) is 6.86. The minimum Gasteiger partial charge on any atom is -0.326 e. The van der Waals surface area contributed by atoms with E-state index in [4.69, 9.17) is 0 Å². The van der Waals surface area contributed by atoms with Crippen LogP contribution >= 0.6 is 0 Å². The molecule has 114 valence electrons. The van der Waals surface area contributed by atoms with Crippen LogP contribution in [0.4, 0.5) is 15.8 Å². The fraction of sp³-hybridized carbons (Fsp3) is 0.176. The van der Waals surface area contributed by atoms with E-state index in [0.29, 0.717) is 5.69 Å². The summed E-state index contributed by atoms with van der Waals surface area (Å²) in [4.78, 5) is 22.9. The van der Waals surface area contributed by atoms with Gasteiger partial charge >= 0.3 is 0 Å². The maximum Gasteiger partial charge on any atom is 0.228 e. The van der Waals surface area contributed by atoms with Crippen molar-refractivity contribution in [2.45, 2.75) is 20.3 Å². The van der Waals surface area contributed by atoms with Gasteiger partial charge in [-0.15, -0.1) is 0 Å². The molecule has 0 unspecified atom stereocenters. The number of halogens is 1. The molecule has 0 aromatic heterocycles. The Morgan fingerprint density at radius 2 is 1.73 bits per heavy atom. The molecule has 0 fully saturated rings. The van der Waals surface area contributed by atoms with Crippen LogP contribution in [0.1, 0.15) is 18.1 Å². The molecule has 0 saturated carbocycles. The summed E-state index contributed by atoms with van der Waals surface area (Å²) in [5.74, 6) is -0.905. The van der Waals surface area contributed by atoms with Gasteiger partial charge in [-0.25, -0.2) is 4.39 Å². The normalized spacial score (nSPS) is 10.1. The van der Waals surface area contributed by atoms with E-state index >= 15 is 0 Å². The summed E-state index contributed by atoms with van der Waals surface area (Å²) in [5, 5.41) is 5.21. The molecule has 2 rings (SSSR count). The Labute approximate surface area is 128 Å². The van der Waals surface area contributed by atoms with E-state index in [-0.39, 0.29) is 23.9 Å². The minimum absolute atomic E-state index is 0.133. The van der Waals surface area contributed by atoms with Gasteiger partial charge in [-0.2, -0.15) is 0 Å². The van der Waals surface area contributed by atoms with Crippen molar-refractivity contribution in [3.05, 3.63) is 59.4 Å². The van der Waals surface area contributed by atoms with Crippen molar-refractivity contribution < 1.29 is 14.0 Å². The Bertz CT molecular complexity index is 696. The minimum atomic E-state index is -0.458. The second kappa shape index (κ2) is 6.85. The number of carbonyl (C=O) groups excluding carboxylic acids is 2. The van der Waals surface area contributed by atoms with Crippen LogP contribution in [-0.4, -0.2) is 11.8 Å². The number of benzene rings is 2. The van der Waals surface area contributed by atoms with Crippen molar-refractivity contribution in [1.82, 2.24) is 0 Å². The number of nitrogens with one attached hydrogen (secondary N) is 2. The molecule has 0 radical (unpaired) electrons. The lowest BCUT2D eigenvalue weighted by Gasteiger charge is -2.08. The Kier molecular flexibility index (Phi) is 4.88. The number of hydrogen-bond donors (Lipinski definition) is 2. The van der Waals surface area contributed by atoms with Crippen LogP contribution < -0.4 is 10.6 Å². The first-order valence-electron chi connectivity index (χ1n) is 6.86. The van der Waals surface area contributed by atoms with E-state index in [1.807, 2.05) is 6.92 Å². The van der Waals surface area contributed by atoms with Gasteiger partial charge in [0, 0.05) is 12.6 Å². The van der Waals surface area contributed by atoms with Crippen molar-refractivity contribution in [3.8, 4) is 0 Å². The van der Waals surface area contributed by atoms with Gasteiger partial charge in [0.2, 0.25) is 11.8 Å². The number of amides is 2. The predicted molar refractivity (Wildman–Crippen MR) is 84.2 cm³/mol. The maximum absolute atomic E-state index is 13.6. The lowest BCUT2D eigenvalue weighted by atomic mass is 10.1. The summed E-state index contributed by atoms with van der Waals surface area (Å²) >= 11 is 0. The van der Waals surface area contributed by atoms with Gasteiger partial charge in [0.05, 0.1) is 12.1 Å². The zero-order valence-electron chi connectivity index (χ0n) is 12.4. The largest absolute Gasteiger partial charge is 0.326 e. The Hall–Kier alpha value is -2.69. The van der Waals surface area contributed by atoms with E-state index in [2.05, 4.69) is 10.6 Å². The molecule has 4 nitrogen and oxygen atoms in total. The average Bonchev–Trinajstić information content (AvgIpc) is 2.44. The van der Waals surface area contributed by atoms with E-state index in [9.17, 15) is 14.0 Å². The molecule has 5 heteroatoms. The first kappa shape index (κ1) is 15.7. The van der Waals surface area contributed by atoms with Gasteiger partial charge in [0.25, 0.3) is 0 Å². The topological polar surface area (TPSA) is 58.2 Å². The number of rotatable bonds is 4. The monoisotopic (exact) mass is 300 g/mol. The highest BCUT2D eigenvalue weighted by molar-refractivity contribution is 5.92. The lowest BCUT2D eigenvalue weighted by molar-refractivity contribution is -0.116. The second-order valence-corrected chi connectivity index (χ2v) is 5.09. The van der Waals surface area contributed by atoms with Crippen molar-refractivity contribution in [1.29, 1.82) is 0 Å². The van der Waals surface area contributed by atoms with Gasteiger partial charge < -0.3 is 10.6 Å². The molecule has 22 heavy (non-hydrogen) atoms. The fourth-order valence-corrected chi connectivity index (χ4v) is 2.02. The molecule has 0 saturated heterocycles. The highest BCUT2D eigenvalue weighted by Gasteiger charge is 2.08. The molecular weight excluding hydrogens is 283 g/mol. The Balaban J connectivity index is 1.99. The summed E-state index contributed by atoms with van der Waals surface area (Å²) in [6.07, 6.45) is 0.133. The average molecular weight is 300 g/mol. The summed E-state index contributed by atoms with van der Waals surface area (Å²) in [5.41, 5.74) is 2.50. The predicted octanol–water partition coefficient (Wildman–Crippen LogP) is 3.27. The molecule has 0 heterocycles. The van der Waals surface area contributed by atoms with Crippen LogP contribution in [0.3, 0.4) is 0 Å². The second-order valence-electron chi connectivity index (χ2n) is 5.09. The number of aryl methyl sites for hydroxylation is 1. The zero-order chi connectivity index (χ0) is 16.1. The van der Waals surface area contributed by atoms with Crippen molar-refractivity contribution in [2.24, 2.45) is 0 Å². The molecule has 0 aliphatic rings. The number of carbonyl (C=O) groups is 2. The van der Waals surface area contributed by atoms with E-state index < -0.39 is 5.82 Å². The smallest absolute Gasteiger partial charge is 0.228 e. The third-order valence-electron chi connectivity index (χ3n) is 3.03. The molecule has 2 aromatic carbocycles. The Morgan fingerprint density at radius 1 is 1.05 bits per heavy atom. The lowest BCUT2D eigenvalue weighted by Crippen LogP contribution is -2.15. The van der Waals surface area contributed by atoms with Crippen LogP contribution in [0.2, 0.25) is 0 Å². The van der Waals surface area contributed by atoms with Crippen LogP contribution in [0.5, 0.6) is 0 Å². The molecule has 0 spiro atoms. The van der Waals surface area contributed by atoms with E-state index in [1.165, 1.54) is 13.0 Å². The van der Waals surface area contributed by atoms with Gasteiger partial charge in [0.1, 0.15) is 5.82 Å². The Morgan fingerprint density at radius 3 is 2.36 bits per heavy atom. The summed E-state index contributed by atoms with van der Waals surface area (Å²) in [7, 11) is 0. The number of hydrogen-bond acceptors (Lipinski definition) is 2. The van der Waals surface area contributed by atoms with Gasteiger partial charge in [0.15, 0.2) is 0 Å². The van der Waals surface area contributed by atoms with Crippen LogP contribution in [0, 0.1) is 12.7 Å². The highest BCUT2D eigenvalue weighted by Crippen LogP contribution is 2.16. The molecule has 0 aliphatic carbocycles. The standard InChI is InChI=1S/C17H17FN2O2/c1-11-3-8-15(18)16(9-11)20-17(22)10-13-4-6-14(7-5-13)19-12(2)21/h3-9H,10H2,1-2H3,(H,19,21)(H,20,22). The SMILES string of the molecule is CC(=O)Nc1ccc(CC(=O)Nc2cc(C)ccc2F)cc1. The van der Waals surface area contributed by atoms with Gasteiger partial charge in [-0.05, 0) is 42.3 Å². The summed E-state index contributed by atoms with van der Waals surface area (Å²) in [6, 6.07) is 11.5. The van der Waals surface area contributed by atoms with Crippen molar-refractivity contribution >= 4 is 23.2 Å². The van der Waals surface area contributed by atoms with E-state index in [0.717, 1.165) is 11.1 Å². The van der Waals surface area contributed by atoms with Gasteiger partial charge in [-0.3, -0.25) is 9.59 Å². The van der Waals surface area contributed by atoms with Crippen molar-refractivity contribution in [2.75, 3.05) is 10.6 Å². The third-order valence-corrected chi connectivity index (χ3v) is 3.03. The van der Waals surface area contributed by atoms with Gasteiger partial charge in [-0.1, -0.05) is 18.2 Å².